The van der Waals surface area contributed by atoms with E-state index in [1.54, 1.807) is 0 Å². The van der Waals surface area contributed by atoms with Crippen molar-refractivity contribution in [1.29, 1.82) is 0 Å². The molecule has 0 fully saturated rings. The van der Waals surface area contributed by atoms with E-state index >= 15 is 0 Å². The Morgan fingerprint density at radius 2 is 0.818 bits per heavy atom. The average Bonchev–Trinajstić information content (AvgIpc) is 2.80. The summed E-state index contributed by atoms with van der Waals surface area (Å²) in [6.07, 6.45) is 31.5. The van der Waals surface area contributed by atoms with Gasteiger partial charge in [0, 0.05) is 30.7 Å². The predicted octanol–water partition coefficient (Wildman–Crippen LogP) is 1.74. The summed E-state index contributed by atoms with van der Waals surface area (Å²) in [5.74, 6) is 0. The third-order valence-electron chi connectivity index (χ3n) is 6.47. The van der Waals surface area contributed by atoms with Crippen LogP contribution in [0, 0.1) is 0 Å². The molecule has 0 aliphatic heterocycles. The zero-order valence-corrected chi connectivity index (χ0v) is 22.8. The van der Waals surface area contributed by atoms with Crippen LogP contribution in [0.1, 0.15) is 110 Å². The van der Waals surface area contributed by atoms with Crippen LogP contribution in [-0.4, -0.2) is 0 Å². The number of pyridine rings is 2. The molecule has 0 aliphatic rings. The monoisotopic (exact) mass is 494 g/mol. The molecule has 2 nitrogen and oxygen atoms in total. The van der Waals surface area contributed by atoms with E-state index < -0.39 is 0 Å². The van der Waals surface area contributed by atoms with Gasteiger partial charge in [0.25, 0.3) is 0 Å². The standard InChI is InChI=1S/C29H48N2.2ClH/c1-3-4-5-6-7-8-9-10-11-12-13-14-15-16-17-18-23-31-26-21-29(22-27-31)28-19-24-30(2)25-20-28;;/h19-22,24-27H,3-18,23H2,1-2H3;2*1H/q+2;;/p-2. The minimum absolute atomic E-state index is 0. The van der Waals surface area contributed by atoms with Gasteiger partial charge in [-0.25, -0.2) is 9.13 Å². The Labute approximate surface area is 217 Å². The number of hydrogen-bond acceptors (Lipinski definition) is 0. The average molecular weight is 496 g/mol. The molecule has 2 aromatic heterocycles. The lowest BCUT2D eigenvalue weighted by molar-refractivity contribution is -0.697. The zero-order valence-electron chi connectivity index (χ0n) is 21.3. The molecule has 2 heterocycles. The Morgan fingerprint density at radius 1 is 0.485 bits per heavy atom. The molecule has 2 rings (SSSR count). The molecule has 33 heavy (non-hydrogen) atoms. The van der Waals surface area contributed by atoms with Crippen molar-refractivity contribution in [3.63, 3.8) is 0 Å². The van der Waals surface area contributed by atoms with Gasteiger partial charge in [0.15, 0.2) is 24.8 Å². The fraction of sp³-hybridized carbons (Fsp3) is 0.655. The minimum atomic E-state index is 0. The van der Waals surface area contributed by atoms with E-state index in [0.29, 0.717) is 0 Å². The summed E-state index contributed by atoms with van der Waals surface area (Å²) >= 11 is 0. The van der Waals surface area contributed by atoms with Gasteiger partial charge in [-0.2, -0.15) is 0 Å². The van der Waals surface area contributed by atoms with Gasteiger partial charge in [0.05, 0.1) is 0 Å². The Kier molecular flexibility index (Phi) is 20.7. The van der Waals surface area contributed by atoms with Gasteiger partial charge in [0.1, 0.15) is 13.6 Å². The van der Waals surface area contributed by atoms with Crippen molar-refractivity contribution in [1.82, 2.24) is 0 Å². The largest absolute Gasteiger partial charge is 1.00 e. The summed E-state index contributed by atoms with van der Waals surface area (Å²) in [5.41, 5.74) is 2.58. The molecular formula is C29H48Cl2N2. The maximum atomic E-state index is 2.33. The van der Waals surface area contributed by atoms with Gasteiger partial charge in [0.2, 0.25) is 0 Å². The van der Waals surface area contributed by atoms with E-state index in [-0.39, 0.29) is 24.8 Å². The van der Waals surface area contributed by atoms with Crippen LogP contribution in [0.2, 0.25) is 0 Å². The summed E-state index contributed by atoms with van der Waals surface area (Å²) in [6.45, 7) is 3.44. The summed E-state index contributed by atoms with van der Waals surface area (Å²) < 4.78 is 4.40. The van der Waals surface area contributed by atoms with Crippen LogP contribution in [0.3, 0.4) is 0 Å². The highest BCUT2D eigenvalue weighted by molar-refractivity contribution is 5.60. The van der Waals surface area contributed by atoms with Gasteiger partial charge in [-0.15, -0.1) is 0 Å². The maximum absolute atomic E-state index is 2.33. The topological polar surface area (TPSA) is 7.76 Å². The van der Waals surface area contributed by atoms with Crippen molar-refractivity contribution < 1.29 is 33.9 Å². The second-order valence-electron chi connectivity index (χ2n) is 9.38. The second kappa shape index (κ2) is 21.4. The fourth-order valence-corrected chi connectivity index (χ4v) is 4.33. The van der Waals surface area contributed by atoms with Crippen LogP contribution in [0.25, 0.3) is 11.1 Å². The molecule has 0 saturated heterocycles. The maximum Gasteiger partial charge on any atom is 0.169 e. The molecule has 0 amide bonds. The molecule has 2 aromatic rings. The van der Waals surface area contributed by atoms with Gasteiger partial charge >= 0.3 is 0 Å². The van der Waals surface area contributed by atoms with Gasteiger partial charge in [-0.05, 0) is 17.5 Å². The molecule has 0 aromatic carbocycles. The predicted molar refractivity (Wildman–Crippen MR) is 133 cm³/mol. The van der Waals surface area contributed by atoms with Crippen LogP contribution in [0.15, 0.2) is 49.1 Å². The Morgan fingerprint density at radius 3 is 1.21 bits per heavy atom. The Balaban J connectivity index is 0.00000512. The molecule has 188 valence electrons. The van der Waals surface area contributed by atoms with Crippen LogP contribution in [0.4, 0.5) is 0 Å². The number of hydrogen-bond donors (Lipinski definition) is 0. The number of halogens is 2. The van der Waals surface area contributed by atoms with Crippen molar-refractivity contribution in [3.05, 3.63) is 49.1 Å². The van der Waals surface area contributed by atoms with E-state index in [1.807, 2.05) is 0 Å². The van der Waals surface area contributed by atoms with Crippen molar-refractivity contribution in [2.24, 2.45) is 7.05 Å². The molecule has 0 saturated carbocycles. The van der Waals surface area contributed by atoms with Crippen LogP contribution < -0.4 is 33.9 Å². The lowest BCUT2D eigenvalue weighted by atomic mass is 10.0. The second-order valence-corrected chi connectivity index (χ2v) is 9.38. The first kappa shape index (κ1) is 31.9. The lowest BCUT2D eigenvalue weighted by Gasteiger charge is -2.03. The summed E-state index contributed by atoms with van der Waals surface area (Å²) in [6, 6.07) is 8.83. The molecule has 0 spiro atoms. The Hall–Kier alpha value is -1.12. The summed E-state index contributed by atoms with van der Waals surface area (Å²) in [5, 5.41) is 0. The van der Waals surface area contributed by atoms with E-state index in [4.69, 9.17) is 0 Å². The lowest BCUT2D eigenvalue weighted by Crippen LogP contribution is -3.00. The number of rotatable bonds is 18. The normalized spacial score (nSPS) is 10.5. The summed E-state index contributed by atoms with van der Waals surface area (Å²) in [4.78, 5) is 0. The quantitative estimate of drug-likeness (QED) is 0.220. The molecule has 0 radical (unpaired) electrons. The summed E-state index contributed by atoms with van der Waals surface area (Å²) in [7, 11) is 2.06. The van der Waals surface area contributed by atoms with E-state index in [9.17, 15) is 0 Å². The van der Waals surface area contributed by atoms with Crippen molar-refractivity contribution in [3.8, 4) is 11.1 Å². The van der Waals surface area contributed by atoms with Crippen LogP contribution in [0.5, 0.6) is 0 Å². The van der Waals surface area contributed by atoms with Crippen LogP contribution in [-0.2, 0) is 13.6 Å². The van der Waals surface area contributed by atoms with Gasteiger partial charge < -0.3 is 24.8 Å². The third-order valence-corrected chi connectivity index (χ3v) is 6.47. The molecule has 0 aliphatic carbocycles. The van der Waals surface area contributed by atoms with E-state index in [1.165, 1.54) is 114 Å². The minimum Gasteiger partial charge on any atom is -1.00 e. The number of unbranched alkanes of at least 4 members (excludes halogenated alkanes) is 15. The Bertz CT molecular complexity index is 671. The fourth-order valence-electron chi connectivity index (χ4n) is 4.33. The smallest absolute Gasteiger partial charge is 0.169 e. The first-order valence-corrected chi connectivity index (χ1v) is 13.2. The number of aromatic nitrogens is 2. The van der Waals surface area contributed by atoms with Crippen molar-refractivity contribution >= 4 is 0 Å². The van der Waals surface area contributed by atoms with Crippen LogP contribution >= 0.6 is 0 Å². The molecule has 0 unspecified atom stereocenters. The highest BCUT2D eigenvalue weighted by Crippen LogP contribution is 2.16. The number of nitrogens with zero attached hydrogens (tertiary/aromatic N) is 2. The number of aryl methyl sites for hydroxylation is 2. The van der Waals surface area contributed by atoms with Crippen molar-refractivity contribution in [2.75, 3.05) is 0 Å². The molecule has 4 heteroatoms. The SMILES string of the molecule is CCCCCCCCCCCCCCCCCC[n+]1ccc(-c2cc[n+](C)cc2)cc1.[Cl-].[Cl-]. The first-order chi connectivity index (χ1) is 15.3. The highest BCUT2D eigenvalue weighted by atomic mass is 35.5. The molecule has 0 atom stereocenters. The zero-order chi connectivity index (χ0) is 22.0. The van der Waals surface area contributed by atoms with Gasteiger partial charge in [-0.3, -0.25) is 0 Å². The molecule has 0 bridgehead atoms. The van der Waals surface area contributed by atoms with E-state index in [2.05, 4.69) is 72.2 Å². The molecule has 0 N–H and O–H groups in total. The van der Waals surface area contributed by atoms with Crippen molar-refractivity contribution in [2.45, 2.75) is 116 Å². The van der Waals surface area contributed by atoms with E-state index in [0.717, 1.165) is 6.54 Å². The third kappa shape index (κ3) is 15.4. The van der Waals surface area contributed by atoms with Gasteiger partial charge in [-0.1, -0.05) is 96.8 Å². The first-order valence-electron chi connectivity index (χ1n) is 13.2. The molecular weight excluding hydrogens is 447 g/mol. The highest BCUT2D eigenvalue weighted by Gasteiger charge is 2.04.